The van der Waals surface area contributed by atoms with Gasteiger partial charge >= 0.3 is 0 Å². The summed E-state index contributed by atoms with van der Waals surface area (Å²) in [6.07, 6.45) is 1.75. The summed E-state index contributed by atoms with van der Waals surface area (Å²) in [6, 6.07) is 1.71. The predicted octanol–water partition coefficient (Wildman–Crippen LogP) is 2.52. The molecule has 0 amide bonds. The quantitative estimate of drug-likeness (QED) is 0.764. The Morgan fingerprint density at radius 3 is 2.55 bits per heavy atom. The van der Waals surface area contributed by atoms with Gasteiger partial charge in [-0.05, 0) is 25.3 Å². The number of benzene rings is 1. The van der Waals surface area contributed by atoms with E-state index in [4.69, 9.17) is 28.3 Å². The SMILES string of the molecule is CSC(CO)C(C)NS(=O)(=O)c1ccc(Cl)c(F)c1Cl. The minimum atomic E-state index is -4.00. The van der Waals surface area contributed by atoms with Crippen LogP contribution in [0.1, 0.15) is 6.92 Å². The van der Waals surface area contributed by atoms with Gasteiger partial charge < -0.3 is 5.11 Å². The van der Waals surface area contributed by atoms with E-state index in [0.29, 0.717) is 0 Å². The summed E-state index contributed by atoms with van der Waals surface area (Å²) in [7, 11) is -4.00. The van der Waals surface area contributed by atoms with Crippen LogP contribution in [-0.4, -0.2) is 37.7 Å². The summed E-state index contributed by atoms with van der Waals surface area (Å²) in [5.41, 5.74) is 0. The molecule has 1 aromatic carbocycles. The van der Waals surface area contributed by atoms with Crippen LogP contribution in [0.25, 0.3) is 0 Å². The van der Waals surface area contributed by atoms with Crippen molar-refractivity contribution in [1.29, 1.82) is 0 Å². The van der Waals surface area contributed by atoms with E-state index >= 15 is 0 Å². The minimum absolute atomic E-state index is 0.187. The molecule has 0 spiro atoms. The number of rotatable bonds is 6. The van der Waals surface area contributed by atoms with Crippen molar-refractivity contribution in [2.45, 2.75) is 23.1 Å². The maximum absolute atomic E-state index is 13.5. The minimum Gasteiger partial charge on any atom is -0.395 e. The van der Waals surface area contributed by atoms with E-state index in [9.17, 15) is 12.8 Å². The van der Waals surface area contributed by atoms with Crippen molar-refractivity contribution in [3.05, 3.63) is 28.0 Å². The van der Waals surface area contributed by atoms with E-state index in [2.05, 4.69) is 4.72 Å². The molecule has 2 atom stereocenters. The number of thioether (sulfide) groups is 1. The van der Waals surface area contributed by atoms with Crippen molar-refractivity contribution in [2.75, 3.05) is 12.9 Å². The van der Waals surface area contributed by atoms with E-state index in [0.717, 1.165) is 12.1 Å². The topological polar surface area (TPSA) is 66.4 Å². The number of halogens is 3. The summed E-state index contributed by atoms with van der Waals surface area (Å²) < 4.78 is 40.2. The molecule has 0 aliphatic carbocycles. The fourth-order valence-corrected chi connectivity index (χ4v) is 4.28. The van der Waals surface area contributed by atoms with Crippen LogP contribution in [0.3, 0.4) is 0 Å². The van der Waals surface area contributed by atoms with Gasteiger partial charge in [-0.2, -0.15) is 11.8 Å². The molecule has 0 aliphatic heterocycles. The highest BCUT2D eigenvalue weighted by Gasteiger charge is 2.26. The summed E-state index contributed by atoms with van der Waals surface area (Å²) >= 11 is 12.5. The molecule has 1 aromatic rings. The van der Waals surface area contributed by atoms with Crippen molar-refractivity contribution >= 4 is 45.0 Å². The zero-order valence-electron chi connectivity index (χ0n) is 10.7. The molecule has 0 fully saturated rings. The normalized spacial score (nSPS) is 15.1. The van der Waals surface area contributed by atoms with Crippen LogP contribution in [0.2, 0.25) is 10.0 Å². The Morgan fingerprint density at radius 2 is 2.05 bits per heavy atom. The molecule has 0 radical (unpaired) electrons. The van der Waals surface area contributed by atoms with Gasteiger partial charge in [0.05, 0.1) is 16.7 Å². The van der Waals surface area contributed by atoms with Crippen molar-refractivity contribution in [3.8, 4) is 0 Å². The Balaban J connectivity index is 3.09. The lowest BCUT2D eigenvalue weighted by Crippen LogP contribution is -2.41. The van der Waals surface area contributed by atoms with Crippen molar-refractivity contribution < 1.29 is 17.9 Å². The molecule has 0 bridgehead atoms. The maximum Gasteiger partial charge on any atom is 0.242 e. The molecule has 0 aromatic heterocycles. The van der Waals surface area contributed by atoms with E-state index in [1.54, 1.807) is 13.2 Å². The summed E-state index contributed by atoms with van der Waals surface area (Å²) in [5, 5.41) is 8.02. The first-order valence-corrected chi connectivity index (χ1v) is 9.06. The monoisotopic (exact) mass is 361 g/mol. The van der Waals surface area contributed by atoms with Gasteiger partial charge in [0.2, 0.25) is 10.0 Å². The second-order valence-electron chi connectivity index (χ2n) is 4.04. The van der Waals surface area contributed by atoms with E-state index in [1.807, 2.05) is 0 Å². The molecule has 20 heavy (non-hydrogen) atoms. The number of aliphatic hydroxyl groups excluding tert-OH is 1. The Morgan fingerprint density at radius 1 is 1.45 bits per heavy atom. The largest absolute Gasteiger partial charge is 0.395 e. The summed E-state index contributed by atoms with van der Waals surface area (Å²) in [5.74, 6) is -0.979. The fourth-order valence-electron chi connectivity index (χ4n) is 1.54. The highest BCUT2D eigenvalue weighted by molar-refractivity contribution is 7.99. The van der Waals surface area contributed by atoms with Crippen LogP contribution in [0.15, 0.2) is 17.0 Å². The highest BCUT2D eigenvalue weighted by atomic mass is 35.5. The zero-order chi connectivity index (χ0) is 15.5. The third-order valence-electron chi connectivity index (χ3n) is 2.67. The van der Waals surface area contributed by atoms with E-state index in [-0.39, 0.29) is 21.8 Å². The highest BCUT2D eigenvalue weighted by Crippen LogP contribution is 2.29. The smallest absolute Gasteiger partial charge is 0.242 e. The molecule has 1 rings (SSSR count). The first kappa shape index (κ1) is 18.0. The van der Waals surface area contributed by atoms with Crippen molar-refractivity contribution in [2.24, 2.45) is 0 Å². The van der Waals surface area contributed by atoms with Crippen LogP contribution in [0.4, 0.5) is 4.39 Å². The van der Waals surface area contributed by atoms with E-state index in [1.165, 1.54) is 11.8 Å². The van der Waals surface area contributed by atoms with Gasteiger partial charge in [0.1, 0.15) is 4.90 Å². The molecule has 4 nitrogen and oxygen atoms in total. The van der Waals surface area contributed by atoms with Gasteiger partial charge in [-0.3, -0.25) is 0 Å². The van der Waals surface area contributed by atoms with Crippen molar-refractivity contribution in [3.63, 3.8) is 0 Å². The van der Waals surface area contributed by atoms with Crippen LogP contribution < -0.4 is 4.72 Å². The molecule has 0 saturated heterocycles. The summed E-state index contributed by atoms with van der Waals surface area (Å²) in [6.45, 7) is 1.42. The number of hydrogen-bond donors (Lipinski definition) is 2. The molecule has 9 heteroatoms. The second kappa shape index (κ2) is 7.29. The Hall–Kier alpha value is -0.0500. The number of nitrogens with one attached hydrogen (secondary N) is 1. The van der Waals surface area contributed by atoms with Crippen LogP contribution >= 0.6 is 35.0 Å². The maximum atomic E-state index is 13.5. The lowest BCUT2D eigenvalue weighted by atomic mass is 10.3. The molecular formula is C11H14Cl2FNO3S2. The Labute approximate surface area is 131 Å². The average molecular weight is 362 g/mol. The molecular weight excluding hydrogens is 348 g/mol. The second-order valence-corrected chi connectivity index (χ2v) is 7.58. The predicted molar refractivity (Wildman–Crippen MR) is 80.6 cm³/mol. The molecule has 2 unspecified atom stereocenters. The van der Waals surface area contributed by atoms with Crippen LogP contribution in [0.5, 0.6) is 0 Å². The van der Waals surface area contributed by atoms with E-state index < -0.39 is 26.9 Å². The first-order chi connectivity index (χ1) is 9.24. The zero-order valence-corrected chi connectivity index (χ0v) is 13.9. The van der Waals surface area contributed by atoms with Gasteiger partial charge in [-0.15, -0.1) is 0 Å². The Kier molecular flexibility index (Phi) is 6.56. The first-order valence-electron chi connectivity index (χ1n) is 5.54. The molecule has 2 N–H and O–H groups in total. The fraction of sp³-hybridized carbons (Fsp3) is 0.455. The lowest BCUT2D eigenvalue weighted by molar-refractivity contribution is 0.282. The standard InChI is InChI=1S/C11H14Cl2FNO3S2/c1-6(8(5-16)19-2)15-20(17,18)9-4-3-7(12)11(14)10(9)13/h3-4,6,8,15-16H,5H2,1-2H3. The molecule has 0 saturated carbocycles. The third-order valence-corrected chi connectivity index (χ3v) is 6.21. The van der Waals surface area contributed by atoms with Gasteiger partial charge in [0.15, 0.2) is 5.82 Å². The lowest BCUT2D eigenvalue weighted by Gasteiger charge is -2.21. The van der Waals surface area contributed by atoms with Gasteiger partial charge in [0, 0.05) is 11.3 Å². The number of aliphatic hydroxyl groups is 1. The molecule has 114 valence electrons. The van der Waals surface area contributed by atoms with Crippen molar-refractivity contribution in [1.82, 2.24) is 4.72 Å². The third kappa shape index (κ3) is 3.99. The van der Waals surface area contributed by atoms with Gasteiger partial charge in [-0.1, -0.05) is 23.2 Å². The van der Waals surface area contributed by atoms with Gasteiger partial charge in [-0.25, -0.2) is 17.5 Å². The van der Waals surface area contributed by atoms with Gasteiger partial charge in [0.25, 0.3) is 0 Å². The molecule has 0 heterocycles. The van der Waals surface area contributed by atoms with Crippen LogP contribution in [0, 0.1) is 5.82 Å². The number of hydrogen-bond acceptors (Lipinski definition) is 4. The molecule has 0 aliphatic rings. The summed E-state index contributed by atoms with van der Waals surface area (Å²) in [4.78, 5) is -0.384. The average Bonchev–Trinajstić information content (AvgIpc) is 2.36. The Bertz CT molecular complexity index is 579. The number of sulfonamides is 1. The van der Waals surface area contributed by atoms with Crippen LogP contribution in [-0.2, 0) is 10.0 Å².